The van der Waals surface area contributed by atoms with Crippen molar-refractivity contribution in [2.24, 2.45) is 0 Å². The van der Waals surface area contributed by atoms with Gasteiger partial charge in [-0.25, -0.2) is 4.98 Å². The monoisotopic (exact) mass is 346 g/mol. The van der Waals surface area contributed by atoms with E-state index < -0.39 is 0 Å². The van der Waals surface area contributed by atoms with E-state index in [9.17, 15) is 9.59 Å². The Hall–Kier alpha value is -2.25. The first-order chi connectivity index (χ1) is 11.3. The molecule has 0 saturated carbocycles. The first-order valence-corrected chi connectivity index (χ1v) is 8.48. The van der Waals surface area contributed by atoms with Gasteiger partial charge in [0.2, 0.25) is 11.8 Å². The Labute approximate surface area is 145 Å². The van der Waals surface area contributed by atoms with Crippen molar-refractivity contribution in [1.82, 2.24) is 9.88 Å². The molecule has 0 fully saturated rings. The standard InChI is InChI=1S/C17H22N4O2S/c1-11-7-12(2)16(13(3)8-11)19-14(22)9-21(4)10-15(23)20-17-18-5-6-24-17/h5-8H,9-10H2,1-4H3,(H,19,22)(H,18,20,23). The molecule has 1 aromatic carbocycles. The zero-order chi connectivity index (χ0) is 17.7. The molecule has 0 aliphatic carbocycles. The highest BCUT2D eigenvalue weighted by atomic mass is 32.1. The van der Waals surface area contributed by atoms with Crippen LogP contribution in [0.4, 0.5) is 10.8 Å². The van der Waals surface area contributed by atoms with Crippen LogP contribution < -0.4 is 10.6 Å². The lowest BCUT2D eigenvalue weighted by Gasteiger charge is -2.17. The van der Waals surface area contributed by atoms with Crippen LogP contribution in [0.1, 0.15) is 16.7 Å². The Morgan fingerprint density at radius 1 is 1.08 bits per heavy atom. The Morgan fingerprint density at radius 2 is 1.67 bits per heavy atom. The molecule has 1 aromatic heterocycles. The number of hydrogen-bond acceptors (Lipinski definition) is 5. The van der Waals surface area contributed by atoms with Crippen molar-refractivity contribution in [2.45, 2.75) is 20.8 Å². The fourth-order valence-corrected chi connectivity index (χ4v) is 3.09. The molecule has 24 heavy (non-hydrogen) atoms. The molecule has 0 aliphatic rings. The molecule has 128 valence electrons. The first kappa shape index (κ1) is 18.1. The molecule has 2 rings (SSSR count). The smallest absolute Gasteiger partial charge is 0.240 e. The average molecular weight is 346 g/mol. The minimum Gasteiger partial charge on any atom is -0.324 e. The zero-order valence-electron chi connectivity index (χ0n) is 14.3. The van der Waals surface area contributed by atoms with E-state index in [0.717, 1.165) is 16.8 Å². The average Bonchev–Trinajstić information content (AvgIpc) is 2.95. The van der Waals surface area contributed by atoms with Crippen LogP contribution in [-0.4, -0.2) is 41.8 Å². The number of aromatic nitrogens is 1. The molecule has 2 amide bonds. The number of thiazole rings is 1. The van der Waals surface area contributed by atoms with Gasteiger partial charge in [0.25, 0.3) is 0 Å². The van der Waals surface area contributed by atoms with Gasteiger partial charge in [-0.05, 0) is 38.9 Å². The summed E-state index contributed by atoms with van der Waals surface area (Å²) in [6, 6.07) is 4.07. The molecule has 2 N–H and O–H groups in total. The van der Waals surface area contributed by atoms with Crippen LogP contribution in [0.2, 0.25) is 0 Å². The third-order valence-corrected chi connectivity index (χ3v) is 4.14. The van der Waals surface area contributed by atoms with E-state index in [4.69, 9.17) is 0 Å². The van der Waals surface area contributed by atoms with Gasteiger partial charge in [-0.1, -0.05) is 17.7 Å². The normalized spacial score (nSPS) is 10.7. The maximum Gasteiger partial charge on any atom is 0.240 e. The highest BCUT2D eigenvalue weighted by Crippen LogP contribution is 2.21. The highest BCUT2D eigenvalue weighted by Gasteiger charge is 2.13. The van der Waals surface area contributed by atoms with Crippen molar-refractivity contribution in [3.05, 3.63) is 40.4 Å². The summed E-state index contributed by atoms with van der Waals surface area (Å²) < 4.78 is 0. The number of anilines is 2. The number of nitrogens with one attached hydrogen (secondary N) is 2. The number of carbonyl (C=O) groups is 2. The SMILES string of the molecule is Cc1cc(C)c(NC(=O)CN(C)CC(=O)Nc2nccs2)c(C)c1. The molecular formula is C17H22N4O2S. The molecule has 6 nitrogen and oxygen atoms in total. The summed E-state index contributed by atoms with van der Waals surface area (Å²) in [5, 5.41) is 7.98. The summed E-state index contributed by atoms with van der Waals surface area (Å²) in [7, 11) is 1.73. The van der Waals surface area contributed by atoms with Gasteiger partial charge in [-0.2, -0.15) is 0 Å². The van der Waals surface area contributed by atoms with Crippen LogP contribution in [0.15, 0.2) is 23.7 Å². The van der Waals surface area contributed by atoms with E-state index in [0.29, 0.717) is 5.13 Å². The van der Waals surface area contributed by atoms with Crippen molar-refractivity contribution < 1.29 is 9.59 Å². The Bertz CT molecular complexity index is 705. The molecule has 0 unspecified atom stereocenters. The number of nitrogens with zero attached hydrogens (tertiary/aromatic N) is 2. The molecule has 0 atom stereocenters. The third-order valence-electron chi connectivity index (χ3n) is 3.45. The van der Waals surface area contributed by atoms with E-state index in [1.807, 2.05) is 32.9 Å². The highest BCUT2D eigenvalue weighted by molar-refractivity contribution is 7.13. The number of likely N-dealkylation sites (N-methyl/N-ethyl adjacent to an activating group) is 1. The largest absolute Gasteiger partial charge is 0.324 e. The van der Waals surface area contributed by atoms with Gasteiger partial charge in [0.1, 0.15) is 0 Å². The van der Waals surface area contributed by atoms with Crippen LogP contribution in [-0.2, 0) is 9.59 Å². The Balaban J connectivity index is 1.86. The molecule has 0 saturated heterocycles. The second kappa shape index (κ2) is 8.03. The Morgan fingerprint density at radius 3 is 2.21 bits per heavy atom. The molecule has 2 aromatic rings. The summed E-state index contributed by atoms with van der Waals surface area (Å²) >= 11 is 1.36. The van der Waals surface area contributed by atoms with Crippen LogP contribution in [0.25, 0.3) is 0 Å². The van der Waals surface area contributed by atoms with Crippen molar-refractivity contribution in [3.8, 4) is 0 Å². The number of rotatable bonds is 6. The minimum atomic E-state index is -0.192. The predicted molar refractivity (Wildman–Crippen MR) is 97.5 cm³/mol. The predicted octanol–water partition coefficient (Wildman–Crippen LogP) is 2.58. The van der Waals surface area contributed by atoms with E-state index in [-0.39, 0.29) is 24.9 Å². The van der Waals surface area contributed by atoms with Crippen molar-refractivity contribution in [1.29, 1.82) is 0 Å². The van der Waals surface area contributed by atoms with Gasteiger partial charge in [-0.3, -0.25) is 14.5 Å². The third kappa shape index (κ3) is 5.14. The number of carbonyl (C=O) groups excluding carboxylic acids is 2. The number of hydrogen-bond donors (Lipinski definition) is 2. The lowest BCUT2D eigenvalue weighted by molar-refractivity contribution is -0.119. The summed E-state index contributed by atoms with van der Waals surface area (Å²) in [6.07, 6.45) is 1.63. The van der Waals surface area contributed by atoms with Crippen LogP contribution >= 0.6 is 11.3 Å². The Kier molecular flexibility index (Phi) is 6.05. The molecule has 7 heteroatoms. The summed E-state index contributed by atoms with van der Waals surface area (Å²) in [4.78, 5) is 29.8. The maximum absolute atomic E-state index is 12.2. The van der Waals surface area contributed by atoms with Crippen molar-refractivity contribution >= 4 is 34.0 Å². The fourth-order valence-electron chi connectivity index (χ4n) is 2.55. The van der Waals surface area contributed by atoms with Gasteiger partial charge in [0.15, 0.2) is 5.13 Å². The molecule has 0 spiro atoms. The fraction of sp³-hybridized carbons (Fsp3) is 0.353. The van der Waals surface area contributed by atoms with Crippen molar-refractivity contribution in [3.63, 3.8) is 0 Å². The zero-order valence-corrected chi connectivity index (χ0v) is 15.2. The van der Waals surface area contributed by atoms with E-state index in [2.05, 4.69) is 15.6 Å². The lowest BCUT2D eigenvalue weighted by Crippen LogP contribution is -2.36. The maximum atomic E-state index is 12.2. The lowest BCUT2D eigenvalue weighted by atomic mass is 10.1. The molecule has 0 aliphatic heterocycles. The van der Waals surface area contributed by atoms with Gasteiger partial charge >= 0.3 is 0 Å². The molecular weight excluding hydrogens is 324 g/mol. The first-order valence-electron chi connectivity index (χ1n) is 7.60. The summed E-state index contributed by atoms with van der Waals surface area (Å²) in [6.45, 7) is 6.24. The van der Waals surface area contributed by atoms with Crippen LogP contribution in [0.3, 0.4) is 0 Å². The second-order valence-corrected chi connectivity index (χ2v) is 6.77. The van der Waals surface area contributed by atoms with Crippen LogP contribution in [0, 0.1) is 20.8 Å². The van der Waals surface area contributed by atoms with Gasteiger partial charge in [0.05, 0.1) is 13.1 Å². The van der Waals surface area contributed by atoms with E-state index in [1.54, 1.807) is 23.5 Å². The van der Waals surface area contributed by atoms with Gasteiger partial charge < -0.3 is 10.6 Å². The van der Waals surface area contributed by atoms with Crippen LogP contribution in [0.5, 0.6) is 0 Å². The number of amides is 2. The van der Waals surface area contributed by atoms with E-state index >= 15 is 0 Å². The molecule has 0 bridgehead atoms. The quantitative estimate of drug-likeness (QED) is 0.843. The second-order valence-electron chi connectivity index (χ2n) is 5.88. The van der Waals surface area contributed by atoms with Crippen molar-refractivity contribution in [2.75, 3.05) is 30.8 Å². The summed E-state index contributed by atoms with van der Waals surface area (Å²) in [5.74, 6) is -0.336. The number of aryl methyl sites for hydroxylation is 3. The summed E-state index contributed by atoms with van der Waals surface area (Å²) in [5.41, 5.74) is 4.07. The molecule has 1 heterocycles. The van der Waals surface area contributed by atoms with Gasteiger partial charge in [-0.15, -0.1) is 11.3 Å². The molecule has 0 radical (unpaired) electrons. The topological polar surface area (TPSA) is 74.3 Å². The van der Waals surface area contributed by atoms with Gasteiger partial charge in [0, 0.05) is 17.3 Å². The number of benzene rings is 1. The van der Waals surface area contributed by atoms with E-state index in [1.165, 1.54) is 16.9 Å². The minimum absolute atomic E-state index is 0.124.